The first-order valence-electron chi connectivity index (χ1n) is 5.49. The zero-order chi connectivity index (χ0) is 10.0. The lowest BCUT2D eigenvalue weighted by molar-refractivity contribution is -0.0273. The molecule has 0 aliphatic carbocycles. The highest BCUT2D eigenvalue weighted by atomic mass is 16.5. The van der Waals surface area contributed by atoms with E-state index in [1.165, 1.54) is 0 Å². The van der Waals surface area contributed by atoms with Crippen molar-refractivity contribution in [3.05, 3.63) is 0 Å². The molecule has 2 heterocycles. The molecule has 0 radical (unpaired) electrons. The van der Waals surface area contributed by atoms with Crippen LogP contribution in [-0.2, 0) is 4.74 Å². The summed E-state index contributed by atoms with van der Waals surface area (Å²) in [6.07, 6.45) is 1.87. The van der Waals surface area contributed by atoms with Crippen molar-refractivity contribution >= 4 is 0 Å². The molecule has 2 aliphatic rings. The topological polar surface area (TPSA) is 53.5 Å². The number of nitrogens with one attached hydrogen (secondary N) is 2. The van der Waals surface area contributed by atoms with Gasteiger partial charge in [-0.1, -0.05) is 0 Å². The Bertz CT molecular complexity index is 195. The normalized spacial score (nSPS) is 43.3. The molecule has 3 N–H and O–H groups in total. The maximum absolute atomic E-state index is 10.2. The summed E-state index contributed by atoms with van der Waals surface area (Å²) in [6, 6.07) is 0.520. The SMILES string of the molecule is CC1OCCC1(O)CNC1CCNC1. The van der Waals surface area contributed by atoms with Gasteiger partial charge in [0.1, 0.15) is 5.60 Å². The average molecular weight is 200 g/mol. The molecule has 0 amide bonds. The van der Waals surface area contributed by atoms with Gasteiger partial charge in [-0.25, -0.2) is 0 Å². The van der Waals surface area contributed by atoms with Gasteiger partial charge in [-0.15, -0.1) is 0 Å². The van der Waals surface area contributed by atoms with Gasteiger partial charge in [0.2, 0.25) is 0 Å². The lowest BCUT2D eigenvalue weighted by Gasteiger charge is -2.27. The van der Waals surface area contributed by atoms with Gasteiger partial charge in [-0.2, -0.15) is 0 Å². The van der Waals surface area contributed by atoms with E-state index in [0.29, 0.717) is 19.2 Å². The Morgan fingerprint density at radius 2 is 2.50 bits per heavy atom. The third-order valence-electron chi connectivity index (χ3n) is 3.42. The van der Waals surface area contributed by atoms with Crippen molar-refractivity contribution in [3.63, 3.8) is 0 Å². The maximum atomic E-state index is 10.2. The van der Waals surface area contributed by atoms with Crippen LogP contribution in [0.4, 0.5) is 0 Å². The molecule has 0 aromatic heterocycles. The van der Waals surface area contributed by atoms with Crippen LogP contribution < -0.4 is 10.6 Å². The third-order valence-corrected chi connectivity index (χ3v) is 3.42. The predicted octanol–water partition coefficient (Wildman–Crippen LogP) is -0.522. The molecule has 4 nitrogen and oxygen atoms in total. The summed E-state index contributed by atoms with van der Waals surface area (Å²) in [4.78, 5) is 0. The number of hydrogen-bond donors (Lipinski definition) is 3. The first-order valence-corrected chi connectivity index (χ1v) is 5.49. The van der Waals surface area contributed by atoms with E-state index in [1.807, 2.05) is 6.92 Å². The molecule has 4 heteroatoms. The standard InChI is InChI=1S/C10H20N2O2/c1-8-10(13,3-5-14-8)7-12-9-2-4-11-6-9/h8-9,11-13H,2-7H2,1H3. The summed E-state index contributed by atoms with van der Waals surface area (Å²) in [5.74, 6) is 0. The predicted molar refractivity (Wildman–Crippen MR) is 54.3 cm³/mol. The molecule has 0 aromatic rings. The van der Waals surface area contributed by atoms with Crippen LogP contribution >= 0.6 is 0 Å². The maximum Gasteiger partial charge on any atom is 0.105 e. The molecule has 2 rings (SSSR count). The Morgan fingerprint density at radius 3 is 3.07 bits per heavy atom. The van der Waals surface area contributed by atoms with Gasteiger partial charge in [-0.05, 0) is 19.9 Å². The summed E-state index contributed by atoms with van der Waals surface area (Å²) >= 11 is 0. The second kappa shape index (κ2) is 4.14. The van der Waals surface area contributed by atoms with Crippen LogP contribution in [0.3, 0.4) is 0 Å². The van der Waals surface area contributed by atoms with Crippen molar-refractivity contribution < 1.29 is 9.84 Å². The molecule has 2 aliphatic heterocycles. The molecule has 0 spiro atoms. The Kier molecular flexibility index (Phi) is 3.07. The van der Waals surface area contributed by atoms with Crippen LogP contribution in [-0.4, -0.2) is 49.1 Å². The molecule has 2 fully saturated rings. The van der Waals surface area contributed by atoms with Gasteiger partial charge in [0.05, 0.1) is 6.10 Å². The van der Waals surface area contributed by atoms with E-state index in [-0.39, 0.29) is 6.10 Å². The smallest absolute Gasteiger partial charge is 0.105 e. The van der Waals surface area contributed by atoms with Crippen molar-refractivity contribution in [2.24, 2.45) is 0 Å². The number of ether oxygens (including phenoxy) is 1. The van der Waals surface area contributed by atoms with Crippen molar-refractivity contribution in [3.8, 4) is 0 Å². The highest BCUT2D eigenvalue weighted by molar-refractivity contribution is 4.93. The molecule has 82 valence electrons. The fourth-order valence-corrected chi connectivity index (χ4v) is 2.15. The van der Waals surface area contributed by atoms with Crippen LogP contribution in [0, 0.1) is 0 Å². The fraction of sp³-hybridized carbons (Fsp3) is 1.00. The molecule has 0 bridgehead atoms. The van der Waals surface area contributed by atoms with Crippen molar-refractivity contribution in [1.82, 2.24) is 10.6 Å². The number of aliphatic hydroxyl groups is 1. The zero-order valence-electron chi connectivity index (χ0n) is 8.75. The minimum absolute atomic E-state index is 0.0376. The summed E-state index contributed by atoms with van der Waals surface area (Å²) in [6.45, 7) is 5.39. The van der Waals surface area contributed by atoms with E-state index in [4.69, 9.17) is 4.74 Å². The van der Waals surface area contributed by atoms with Crippen molar-refractivity contribution in [2.75, 3.05) is 26.2 Å². The zero-order valence-corrected chi connectivity index (χ0v) is 8.75. The highest BCUT2D eigenvalue weighted by Crippen LogP contribution is 2.24. The Morgan fingerprint density at radius 1 is 1.64 bits per heavy atom. The first kappa shape index (κ1) is 10.4. The van der Waals surface area contributed by atoms with E-state index < -0.39 is 5.60 Å². The molecule has 0 aromatic carbocycles. The Balaban J connectivity index is 1.78. The lowest BCUT2D eigenvalue weighted by atomic mass is 9.96. The minimum atomic E-state index is -0.650. The molecule has 2 saturated heterocycles. The van der Waals surface area contributed by atoms with E-state index >= 15 is 0 Å². The van der Waals surface area contributed by atoms with Crippen LogP contribution in [0.2, 0.25) is 0 Å². The molecular formula is C10H20N2O2. The van der Waals surface area contributed by atoms with E-state index in [0.717, 1.165) is 25.9 Å². The average Bonchev–Trinajstić information content (AvgIpc) is 2.75. The largest absolute Gasteiger partial charge is 0.386 e. The second-order valence-electron chi connectivity index (χ2n) is 4.44. The summed E-state index contributed by atoms with van der Waals surface area (Å²) < 4.78 is 5.38. The van der Waals surface area contributed by atoms with E-state index in [2.05, 4.69) is 10.6 Å². The lowest BCUT2D eigenvalue weighted by Crippen LogP contribution is -2.49. The first-order chi connectivity index (χ1) is 6.71. The van der Waals surface area contributed by atoms with Gasteiger partial charge in [0.15, 0.2) is 0 Å². The van der Waals surface area contributed by atoms with Gasteiger partial charge >= 0.3 is 0 Å². The van der Waals surface area contributed by atoms with E-state index in [9.17, 15) is 5.11 Å². The highest BCUT2D eigenvalue weighted by Gasteiger charge is 2.39. The summed E-state index contributed by atoms with van der Waals surface area (Å²) in [7, 11) is 0. The van der Waals surface area contributed by atoms with Crippen LogP contribution in [0.15, 0.2) is 0 Å². The molecule has 3 unspecified atom stereocenters. The van der Waals surface area contributed by atoms with Gasteiger partial charge in [0, 0.05) is 32.2 Å². The van der Waals surface area contributed by atoms with Crippen LogP contribution in [0.1, 0.15) is 19.8 Å². The summed E-state index contributed by atoms with van der Waals surface area (Å²) in [5, 5.41) is 16.9. The second-order valence-corrected chi connectivity index (χ2v) is 4.44. The number of hydrogen-bond acceptors (Lipinski definition) is 4. The van der Waals surface area contributed by atoms with Crippen LogP contribution in [0.5, 0.6) is 0 Å². The number of rotatable bonds is 3. The third kappa shape index (κ3) is 2.08. The summed E-state index contributed by atoms with van der Waals surface area (Å²) in [5.41, 5.74) is -0.650. The van der Waals surface area contributed by atoms with Gasteiger partial charge in [-0.3, -0.25) is 0 Å². The van der Waals surface area contributed by atoms with Crippen molar-refractivity contribution in [1.29, 1.82) is 0 Å². The molecule has 0 saturated carbocycles. The monoisotopic (exact) mass is 200 g/mol. The quantitative estimate of drug-likeness (QED) is 0.574. The van der Waals surface area contributed by atoms with Gasteiger partial charge in [0.25, 0.3) is 0 Å². The molecule has 14 heavy (non-hydrogen) atoms. The fourth-order valence-electron chi connectivity index (χ4n) is 2.15. The minimum Gasteiger partial charge on any atom is -0.386 e. The van der Waals surface area contributed by atoms with Gasteiger partial charge < -0.3 is 20.5 Å². The molecular weight excluding hydrogens is 180 g/mol. The Labute approximate surface area is 85.0 Å². The Hall–Kier alpha value is -0.160. The van der Waals surface area contributed by atoms with E-state index in [1.54, 1.807) is 0 Å². The van der Waals surface area contributed by atoms with Crippen LogP contribution in [0.25, 0.3) is 0 Å². The van der Waals surface area contributed by atoms with Crippen molar-refractivity contribution in [2.45, 2.75) is 37.5 Å². The molecule has 3 atom stereocenters.